The Hall–Kier alpha value is -4.94. The van der Waals surface area contributed by atoms with Crippen LogP contribution in [0.25, 0.3) is 0 Å². The quantitative estimate of drug-likeness (QED) is 0.183. The SMILES string of the molecule is C=CCOC(=O)C1=C(C)NC(SCC(=O)Nc2ccc(C)cc2)=C(C#N)[C@H]1c1ccc(OCc2ccccc2)c(OC)c1. The molecule has 43 heavy (non-hydrogen) atoms. The Bertz CT molecular complexity index is 1590. The van der Waals surface area contributed by atoms with Crippen molar-refractivity contribution in [2.24, 2.45) is 0 Å². The van der Waals surface area contributed by atoms with Gasteiger partial charge in [0, 0.05) is 11.4 Å². The summed E-state index contributed by atoms with van der Waals surface area (Å²) in [6.45, 7) is 7.70. The minimum Gasteiger partial charge on any atom is -0.493 e. The van der Waals surface area contributed by atoms with E-state index in [1.807, 2.05) is 61.5 Å². The molecule has 0 unspecified atom stereocenters. The number of hydrogen-bond acceptors (Lipinski definition) is 8. The van der Waals surface area contributed by atoms with Crippen molar-refractivity contribution in [2.45, 2.75) is 26.4 Å². The van der Waals surface area contributed by atoms with E-state index in [9.17, 15) is 14.9 Å². The summed E-state index contributed by atoms with van der Waals surface area (Å²) in [5, 5.41) is 16.9. The van der Waals surface area contributed by atoms with Gasteiger partial charge in [0.05, 0.1) is 41.0 Å². The fraction of sp³-hybridized carbons (Fsp3) is 0.206. The Morgan fingerprint density at radius 1 is 1.07 bits per heavy atom. The first-order valence-corrected chi connectivity index (χ1v) is 14.6. The predicted molar refractivity (Wildman–Crippen MR) is 168 cm³/mol. The number of dihydropyridines is 1. The number of rotatable bonds is 12. The second kappa shape index (κ2) is 14.8. The van der Waals surface area contributed by atoms with Crippen molar-refractivity contribution >= 4 is 29.3 Å². The molecular weight excluding hydrogens is 562 g/mol. The fourth-order valence-corrected chi connectivity index (χ4v) is 5.42. The summed E-state index contributed by atoms with van der Waals surface area (Å²) in [5.74, 6) is -0.558. The Morgan fingerprint density at radius 3 is 2.49 bits per heavy atom. The molecule has 4 rings (SSSR count). The van der Waals surface area contributed by atoms with Crippen LogP contribution in [-0.2, 0) is 20.9 Å². The van der Waals surface area contributed by atoms with Gasteiger partial charge in [0.2, 0.25) is 5.91 Å². The maximum Gasteiger partial charge on any atom is 0.337 e. The van der Waals surface area contributed by atoms with Crippen LogP contribution >= 0.6 is 11.8 Å². The van der Waals surface area contributed by atoms with Crippen molar-refractivity contribution in [3.05, 3.63) is 124 Å². The molecule has 9 heteroatoms. The third kappa shape index (κ3) is 7.87. The van der Waals surface area contributed by atoms with Crippen molar-refractivity contribution in [3.63, 3.8) is 0 Å². The number of hydrogen-bond donors (Lipinski definition) is 2. The molecule has 0 fully saturated rings. The monoisotopic (exact) mass is 595 g/mol. The molecule has 1 amide bonds. The van der Waals surface area contributed by atoms with Crippen LogP contribution in [0.1, 0.15) is 29.5 Å². The summed E-state index contributed by atoms with van der Waals surface area (Å²) >= 11 is 1.19. The Labute approximate surface area is 256 Å². The summed E-state index contributed by atoms with van der Waals surface area (Å²) in [6, 6.07) is 24.8. The minimum absolute atomic E-state index is 0.0182. The molecule has 0 spiro atoms. The summed E-state index contributed by atoms with van der Waals surface area (Å²) in [7, 11) is 1.53. The molecule has 8 nitrogen and oxygen atoms in total. The van der Waals surface area contributed by atoms with Gasteiger partial charge in [-0.3, -0.25) is 4.79 Å². The number of esters is 1. The van der Waals surface area contributed by atoms with Crippen LogP contribution in [0, 0.1) is 18.3 Å². The van der Waals surface area contributed by atoms with Gasteiger partial charge in [-0.05, 0) is 49.2 Å². The second-order valence-corrected chi connectivity index (χ2v) is 10.7. The van der Waals surface area contributed by atoms with Gasteiger partial charge in [0.1, 0.15) is 13.2 Å². The van der Waals surface area contributed by atoms with Crippen LogP contribution in [0.15, 0.2) is 107 Å². The highest BCUT2D eigenvalue weighted by atomic mass is 32.2. The van der Waals surface area contributed by atoms with E-state index < -0.39 is 11.9 Å². The van der Waals surface area contributed by atoms with E-state index in [0.29, 0.717) is 40.1 Å². The highest BCUT2D eigenvalue weighted by Gasteiger charge is 2.36. The zero-order valence-electron chi connectivity index (χ0n) is 24.3. The van der Waals surface area contributed by atoms with Crippen molar-refractivity contribution in [1.82, 2.24) is 5.32 Å². The maximum atomic E-state index is 13.3. The molecule has 0 aliphatic carbocycles. The van der Waals surface area contributed by atoms with Gasteiger partial charge >= 0.3 is 5.97 Å². The fourth-order valence-electron chi connectivity index (χ4n) is 4.53. The van der Waals surface area contributed by atoms with Gasteiger partial charge in [0.25, 0.3) is 0 Å². The van der Waals surface area contributed by atoms with Crippen LogP contribution < -0.4 is 20.1 Å². The third-order valence-corrected chi connectivity index (χ3v) is 7.66. The standard InChI is InChI=1S/C34H33N3O5S/c1-5-17-41-34(39)31-23(3)36-33(43-21-30(38)37-26-14-11-22(2)12-15-26)27(19-35)32(31)25-13-16-28(29(18-25)40-4)42-20-24-9-7-6-8-10-24/h5-16,18,32,36H,1,17,20-21H2,2-4H3,(H,37,38)/t32-/m1/s1. The largest absolute Gasteiger partial charge is 0.493 e. The predicted octanol–water partition coefficient (Wildman–Crippen LogP) is 6.38. The second-order valence-electron chi connectivity index (χ2n) is 9.73. The molecule has 0 bridgehead atoms. The molecule has 220 valence electrons. The van der Waals surface area contributed by atoms with Gasteiger partial charge in [-0.2, -0.15) is 5.26 Å². The van der Waals surface area contributed by atoms with Crippen LogP contribution in [0.4, 0.5) is 5.69 Å². The number of benzene rings is 3. The van der Waals surface area contributed by atoms with E-state index in [1.165, 1.54) is 24.9 Å². The number of carbonyl (C=O) groups is 2. The number of aryl methyl sites for hydroxylation is 1. The number of allylic oxidation sites excluding steroid dienone is 2. The number of methoxy groups -OCH3 is 1. The number of nitriles is 1. The molecule has 1 aliphatic rings. The molecule has 0 aromatic heterocycles. The molecule has 0 saturated heterocycles. The zero-order chi connectivity index (χ0) is 30.8. The Balaban J connectivity index is 1.64. The number of nitrogens with zero attached hydrogens (tertiary/aromatic N) is 1. The summed E-state index contributed by atoms with van der Waals surface area (Å²) in [4.78, 5) is 26.0. The van der Waals surface area contributed by atoms with Crippen molar-refractivity contribution in [2.75, 3.05) is 24.8 Å². The third-order valence-electron chi connectivity index (χ3n) is 6.64. The molecule has 0 saturated carbocycles. The number of anilines is 1. The molecule has 3 aromatic rings. The van der Waals surface area contributed by atoms with Crippen molar-refractivity contribution in [1.29, 1.82) is 5.26 Å². The topological polar surface area (TPSA) is 110 Å². The minimum atomic E-state index is -0.775. The van der Waals surface area contributed by atoms with Gasteiger partial charge in [-0.25, -0.2) is 4.79 Å². The average molecular weight is 596 g/mol. The van der Waals surface area contributed by atoms with Gasteiger partial charge < -0.3 is 24.8 Å². The maximum absolute atomic E-state index is 13.3. The van der Waals surface area contributed by atoms with E-state index in [-0.39, 0.29) is 29.4 Å². The average Bonchev–Trinajstić information content (AvgIpc) is 3.02. The Morgan fingerprint density at radius 2 is 1.81 bits per heavy atom. The molecule has 0 radical (unpaired) electrons. The molecule has 1 heterocycles. The summed E-state index contributed by atoms with van der Waals surface area (Å²) in [5.41, 5.74) is 4.49. The molecule has 3 aromatic carbocycles. The molecule has 2 N–H and O–H groups in total. The van der Waals surface area contributed by atoms with E-state index in [2.05, 4.69) is 23.3 Å². The first-order valence-electron chi connectivity index (χ1n) is 13.6. The lowest BCUT2D eigenvalue weighted by Crippen LogP contribution is -2.29. The normalized spacial score (nSPS) is 14.3. The molecular formula is C34H33N3O5S. The first-order chi connectivity index (χ1) is 20.8. The highest BCUT2D eigenvalue weighted by Crippen LogP contribution is 2.43. The molecule has 1 aliphatic heterocycles. The number of ether oxygens (including phenoxy) is 3. The molecule has 1 atom stereocenters. The lowest BCUT2D eigenvalue weighted by Gasteiger charge is -2.29. The smallest absolute Gasteiger partial charge is 0.337 e. The summed E-state index contributed by atoms with van der Waals surface area (Å²) < 4.78 is 17.1. The zero-order valence-corrected chi connectivity index (χ0v) is 25.1. The van der Waals surface area contributed by atoms with Crippen molar-refractivity contribution in [3.8, 4) is 17.6 Å². The number of carbonyl (C=O) groups excluding carboxylic acids is 2. The lowest BCUT2D eigenvalue weighted by molar-refractivity contribution is -0.138. The van der Waals surface area contributed by atoms with Crippen molar-refractivity contribution < 1.29 is 23.8 Å². The number of amides is 1. The van der Waals surface area contributed by atoms with Gasteiger partial charge in [0.15, 0.2) is 11.5 Å². The number of nitrogens with one attached hydrogen (secondary N) is 2. The van der Waals surface area contributed by atoms with Crippen LogP contribution in [0.5, 0.6) is 11.5 Å². The van der Waals surface area contributed by atoms with E-state index in [1.54, 1.807) is 25.1 Å². The van der Waals surface area contributed by atoms with E-state index in [4.69, 9.17) is 14.2 Å². The summed E-state index contributed by atoms with van der Waals surface area (Å²) in [6.07, 6.45) is 1.48. The van der Waals surface area contributed by atoms with Gasteiger partial charge in [-0.15, -0.1) is 0 Å². The van der Waals surface area contributed by atoms with Crippen LogP contribution in [-0.4, -0.2) is 31.3 Å². The van der Waals surface area contributed by atoms with E-state index >= 15 is 0 Å². The van der Waals surface area contributed by atoms with E-state index in [0.717, 1.165) is 11.1 Å². The van der Waals surface area contributed by atoms with Gasteiger partial charge in [-0.1, -0.05) is 78.5 Å². The highest BCUT2D eigenvalue weighted by molar-refractivity contribution is 8.03. The number of thioether (sulfide) groups is 1. The Kier molecular flexibility index (Phi) is 10.7. The van der Waals surface area contributed by atoms with Crippen LogP contribution in [0.2, 0.25) is 0 Å². The lowest BCUT2D eigenvalue weighted by atomic mass is 9.82. The first kappa shape index (κ1) is 31.0. The van der Waals surface area contributed by atoms with Crippen LogP contribution in [0.3, 0.4) is 0 Å².